The molecule has 1 aliphatic carbocycles. The first-order chi connectivity index (χ1) is 8.90. The van der Waals surface area contributed by atoms with Crippen LogP contribution in [0.3, 0.4) is 0 Å². The average molecular weight is 270 g/mol. The molecular weight excluding hydrogens is 244 g/mol. The quantitative estimate of drug-likeness (QED) is 0.693. The van der Waals surface area contributed by atoms with E-state index < -0.39 is 11.9 Å². The van der Waals surface area contributed by atoms with Crippen molar-refractivity contribution in [3.63, 3.8) is 0 Å². The Bertz CT molecular complexity index is 325. The van der Waals surface area contributed by atoms with Crippen LogP contribution in [0.15, 0.2) is 0 Å². The largest absolute Gasteiger partial charge is 0.481 e. The Morgan fingerprint density at radius 1 is 1.26 bits per heavy atom. The van der Waals surface area contributed by atoms with Crippen molar-refractivity contribution in [2.24, 2.45) is 11.3 Å². The van der Waals surface area contributed by atoms with Gasteiger partial charge >= 0.3 is 12.0 Å². The first-order valence-electron chi connectivity index (χ1n) is 7.17. The first kappa shape index (κ1) is 15.8. The molecule has 0 radical (unpaired) electrons. The number of nitrogens with one attached hydrogen (secondary N) is 2. The smallest absolute Gasteiger partial charge is 0.315 e. The van der Waals surface area contributed by atoms with Crippen molar-refractivity contribution in [1.29, 1.82) is 0 Å². The van der Waals surface area contributed by atoms with Gasteiger partial charge in [0.15, 0.2) is 0 Å². The van der Waals surface area contributed by atoms with Gasteiger partial charge in [0.25, 0.3) is 0 Å². The molecule has 2 unspecified atom stereocenters. The highest BCUT2D eigenvalue weighted by atomic mass is 16.4. The van der Waals surface area contributed by atoms with Crippen LogP contribution in [-0.2, 0) is 4.79 Å². The maximum atomic E-state index is 11.8. The van der Waals surface area contributed by atoms with E-state index in [4.69, 9.17) is 5.11 Å². The van der Waals surface area contributed by atoms with E-state index in [1.807, 2.05) is 0 Å². The highest BCUT2D eigenvalue weighted by molar-refractivity contribution is 5.76. The minimum atomic E-state index is -0.895. The summed E-state index contributed by atoms with van der Waals surface area (Å²) in [7, 11) is 0. The number of amides is 2. The van der Waals surface area contributed by atoms with Gasteiger partial charge in [0, 0.05) is 12.6 Å². The van der Waals surface area contributed by atoms with Crippen LogP contribution in [0, 0.1) is 11.3 Å². The number of hydrogen-bond acceptors (Lipinski definition) is 2. The van der Waals surface area contributed by atoms with Crippen molar-refractivity contribution in [3.05, 3.63) is 0 Å². The highest BCUT2D eigenvalue weighted by Gasteiger charge is 2.32. The van der Waals surface area contributed by atoms with Gasteiger partial charge in [0.05, 0.1) is 5.92 Å². The molecule has 0 aromatic rings. The zero-order valence-corrected chi connectivity index (χ0v) is 12.2. The van der Waals surface area contributed by atoms with E-state index in [0.29, 0.717) is 6.54 Å². The van der Waals surface area contributed by atoms with E-state index in [1.165, 1.54) is 25.7 Å². The van der Waals surface area contributed by atoms with Crippen molar-refractivity contribution in [1.82, 2.24) is 10.6 Å². The SMILES string of the molecule is CCC1(CNC(=O)NC(C)C(C)C(=O)O)CCCC1. The maximum absolute atomic E-state index is 11.8. The van der Waals surface area contributed by atoms with Crippen LogP contribution in [0.4, 0.5) is 4.79 Å². The lowest BCUT2D eigenvalue weighted by molar-refractivity contribution is -0.141. The second-order valence-corrected chi connectivity index (χ2v) is 5.80. The minimum absolute atomic E-state index is 0.249. The summed E-state index contributed by atoms with van der Waals surface area (Å²) in [5.74, 6) is -1.48. The second-order valence-electron chi connectivity index (χ2n) is 5.80. The second kappa shape index (κ2) is 6.78. The zero-order valence-electron chi connectivity index (χ0n) is 12.2. The Morgan fingerprint density at radius 2 is 1.84 bits per heavy atom. The summed E-state index contributed by atoms with van der Waals surface area (Å²) in [6.07, 6.45) is 5.90. The third kappa shape index (κ3) is 4.40. The molecule has 0 heterocycles. The number of carbonyl (C=O) groups excluding carboxylic acids is 1. The molecule has 1 fully saturated rings. The molecule has 110 valence electrons. The van der Waals surface area contributed by atoms with Crippen LogP contribution < -0.4 is 10.6 Å². The maximum Gasteiger partial charge on any atom is 0.315 e. The van der Waals surface area contributed by atoms with Gasteiger partial charge in [-0.1, -0.05) is 19.8 Å². The third-order valence-electron chi connectivity index (χ3n) is 4.54. The number of carboxylic acids is 1. The lowest BCUT2D eigenvalue weighted by Gasteiger charge is -2.28. The van der Waals surface area contributed by atoms with E-state index in [-0.39, 0.29) is 17.5 Å². The van der Waals surface area contributed by atoms with Gasteiger partial charge in [-0.05, 0) is 38.5 Å². The summed E-state index contributed by atoms with van der Waals surface area (Å²) in [5.41, 5.74) is 0.249. The molecule has 0 saturated heterocycles. The van der Waals surface area contributed by atoms with Gasteiger partial charge in [0.1, 0.15) is 0 Å². The van der Waals surface area contributed by atoms with Crippen molar-refractivity contribution < 1.29 is 14.7 Å². The Labute approximate surface area is 115 Å². The fourth-order valence-corrected chi connectivity index (χ4v) is 2.64. The summed E-state index contributed by atoms with van der Waals surface area (Å²) in [4.78, 5) is 22.6. The summed E-state index contributed by atoms with van der Waals surface area (Å²) in [6.45, 7) is 6.16. The monoisotopic (exact) mass is 270 g/mol. The predicted molar refractivity (Wildman–Crippen MR) is 74.0 cm³/mol. The standard InChI is InChI=1S/C14H26N2O3/c1-4-14(7-5-6-8-14)9-15-13(19)16-11(3)10(2)12(17)18/h10-11H,4-9H2,1-3H3,(H,17,18)(H2,15,16,19). The summed E-state index contributed by atoms with van der Waals surface area (Å²) in [5, 5.41) is 14.5. The van der Waals surface area contributed by atoms with E-state index in [9.17, 15) is 9.59 Å². The molecule has 3 N–H and O–H groups in total. The summed E-state index contributed by atoms with van der Waals surface area (Å²) < 4.78 is 0. The highest BCUT2D eigenvalue weighted by Crippen LogP contribution is 2.40. The average Bonchev–Trinajstić information content (AvgIpc) is 2.84. The minimum Gasteiger partial charge on any atom is -0.481 e. The van der Waals surface area contributed by atoms with Gasteiger partial charge in [-0.15, -0.1) is 0 Å². The van der Waals surface area contributed by atoms with Crippen molar-refractivity contribution >= 4 is 12.0 Å². The van der Waals surface area contributed by atoms with Gasteiger partial charge in [-0.25, -0.2) is 4.79 Å². The number of carboxylic acid groups (broad SMARTS) is 1. The Balaban J connectivity index is 2.37. The molecular formula is C14H26N2O3. The van der Waals surface area contributed by atoms with Crippen molar-refractivity contribution in [2.75, 3.05) is 6.54 Å². The van der Waals surface area contributed by atoms with Gasteiger partial charge in [0.2, 0.25) is 0 Å². The van der Waals surface area contributed by atoms with Crippen LogP contribution in [0.25, 0.3) is 0 Å². The lowest BCUT2D eigenvalue weighted by atomic mass is 9.83. The molecule has 0 aromatic carbocycles. The molecule has 0 aliphatic heterocycles. The number of carbonyl (C=O) groups is 2. The topological polar surface area (TPSA) is 78.4 Å². The first-order valence-corrected chi connectivity index (χ1v) is 7.17. The number of rotatable bonds is 6. The van der Waals surface area contributed by atoms with E-state index in [0.717, 1.165) is 6.42 Å². The molecule has 2 atom stereocenters. The molecule has 5 nitrogen and oxygen atoms in total. The molecule has 1 saturated carbocycles. The van der Waals surface area contributed by atoms with Gasteiger partial charge in [-0.2, -0.15) is 0 Å². The Kier molecular flexibility index (Phi) is 5.63. The molecule has 0 spiro atoms. The molecule has 0 bridgehead atoms. The van der Waals surface area contributed by atoms with Crippen LogP contribution in [-0.4, -0.2) is 29.7 Å². The zero-order chi connectivity index (χ0) is 14.5. The Morgan fingerprint density at radius 3 is 2.32 bits per heavy atom. The van der Waals surface area contributed by atoms with Crippen LogP contribution >= 0.6 is 0 Å². The fourth-order valence-electron chi connectivity index (χ4n) is 2.64. The molecule has 0 aromatic heterocycles. The van der Waals surface area contributed by atoms with E-state index in [1.54, 1.807) is 13.8 Å². The van der Waals surface area contributed by atoms with Crippen LogP contribution in [0.1, 0.15) is 52.9 Å². The van der Waals surface area contributed by atoms with Crippen LogP contribution in [0.5, 0.6) is 0 Å². The number of hydrogen-bond donors (Lipinski definition) is 3. The van der Waals surface area contributed by atoms with E-state index in [2.05, 4.69) is 17.6 Å². The predicted octanol–water partition coefficient (Wildman–Crippen LogP) is 2.37. The Hall–Kier alpha value is -1.26. The summed E-state index contributed by atoms with van der Waals surface area (Å²) in [6, 6.07) is -0.640. The summed E-state index contributed by atoms with van der Waals surface area (Å²) >= 11 is 0. The van der Waals surface area contributed by atoms with Gasteiger partial charge < -0.3 is 15.7 Å². The fraction of sp³-hybridized carbons (Fsp3) is 0.857. The number of urea groups is 1. The molecule has 2 amide bonds. The normalized spacial score (nSPS) is 20.6. The third-order valence-corrected chi connectivity index (χ3v) is 4.54. The van der Waals surface area contributed by atoms with Crippen LogP contribution in [0.2, 0.25) is 0 Å². The molecule has 1 rings (SSSR count). The van der Waals surface area contributed by atoms with Crippen molar-refractivity contribution in [3.8, 4) is 0 Å². The molecule has 19 heavy (non-hydrogen) atoms. The lowest BCUT2D eigenvalue weighted by Crippen LogP contribution is -2.47. The number of aliphatic carboxylic acids is 1. The molecule has 1 aliphatic rings. The van der Waals surface area contributed by atoms with Crippen molar-refractivity contribution in [2.45, 2.75) is 58.9 Å². The molecule has 5 heteroatoms. The van der Waals surface area contributed by atoms with Gasteiger partial charge in [-0.3, -0.25) is 4.79 Å². The van der Waals surface area contributed by atoms with E-state index >= 15 is 0 Å².